The molecule has 0 aromatic heterocycles. The zero-order valence-corrected chi connectivity index (χ0v) is 15.6. The molecule has 0 aliphatic carbocycles. The van der Waals surface area contributed by atoms with Crippen LogP contribution in [0.15, 0.2) is 54.6 Å². The molecule has 0 N–H and O–H groups in total. The maximum Gasteiger partial charge on any atom is 0.222 e. The molecular formula is C22H27FN2O. The molecule has 1 aliphatic heterocycles. The fourth-order valence-corrected chi connectivity index (χ4v) is 3.60. The lowest BCUT2D eigenvalue weighted by atomic mass is 9.96. The molecule has 0 spiro atoms. The predicted molar refractivity (Wildman–Crippen MR) is 102 cm³/mol. The largest absolute Gasteiger partial charge is 0.340 e. The zero-order chi connectivity index (χ0) is 18.5. The second-order valence-electron chi connectivity index (χ2n) is 7.38. The van der Waals surface area contributed by atoms with Crippen LogP contribution in [0.5, 0.6) is 0 Å². The lowest BCUT2D eigenvalue weighted by Gasteiger charge is -2.40. The van der Waals surface area contributed by atoms with Crippen molar-refractivity contribution in [3.63, 3.8) is 0 Å². The highest BCUT2D eigenvalue weighted by Crippen LogP contribution is 2.29. The van der Waals surface area contributed by atoms with Crippen molar-refractivity contribution < 1.29 is 9.18 Å². The molecule has 1 amide bonds. The Morgan fingerprint density at radius 1 is 0.923 bits per heavy atom. The van der Waals surface area contributed by atoms with Gasteiger partial charge in [0.1, 0.15) is 5.82 Å². The van der Waals surface area contributed by atoms with Crippen molar-refractivity contribution >= 4 is 5.91 Å². The van der Waals surface area contributed by atoms with Crippen LogP contribution in [0.3, 0.4) is 0 Å². The lowest BCUT2D eigenvalue weighted by molar-refractivity contribution is -0.133. The Kier molecular flexibility index (Phi) is 6.04. The average molecular weight is 354 g/mol. The third kappa shape index (κ3) is 4.50. The summed E-state index contributed by atoms with van der Waals surface area (Å²) in [7, 11) is 0. The van der Waals surface area contributed by atoms with Crippen LogP contribution in [0.2, 0.25) is 0 Å². The number of rotatable bonds is 5. The Bertz CT molecular complexity index is 707. The zero-order valence-electron chi connectivity index (χ0n) is 15.6. The summed E-state index contributed by atoms with van der Waals surface area (Å²) in [4.78, 5) is 16.7. The Morgan fingerprint density at radius 3 is 2.08 bits per heavy atom. The fourth-order valence-electron chi connectivity index (χ4n) is 3.60. The minimum absolute atomic E-state index is 0.0825. The van der Waals surface area contributed by atoms with Crippen molar-refractivity contribution in [1.29, 1.82) is 0 Å². The van der Waals surface area contributed by atoms with E-state index in [2.05, 4.69) is 30.9 Å². The van der Waals surface area contributed by atoms with E-state index in [-0.39, 0.29) is 17.8 Å². The Labute approximate surface area is 155 Å². The van der Waals surface area contributed by atoms with E-state index in [9.17, 15) is 9.18 Å². The van der Waals surface area contributed by atoms with Crippen molar-refractivity contribution in [3.8, 4) is 0 Å². The summed E-state index contributed by atoms with van der Waals surface area (Å²) >= 11 is 0. The molecule has 26 heavy (non-hydrogen) atoms. The summed E-state index contributed by atoms with van der Waals surface area (Å²) in [5.74, 6) is 0.416. The van der Waals surface area contributed by atoms with Crippen LogP contribution in [0.25, 0.3) is 0 Å². The maximum atomic E-state index is 13.4. The van der Waals surface area contributed by atoms with Gasteiger partial charge in [-0.05, 0) is 29.2 Å². The van der Waals surface area contributed by atoms with Crippen LogP contribution in [0.4, 0.5) is 4.39 Å². The highest BCUT2D eigenvalue weighted by atomic mass is 19.1. The Hall–Kier alpha value is -2.20. The van der Waals surface area contributed by atoms with Gasteiger partial charge >= 0.3 is 0 Å². The van der Waals surface area contributed by atoms with Crippen molar-refractivity contribution in [2.45, 2.75) is 26.3 Å². The molecule has 138 valence electrons. The van der Waals surface area contributed by atoms with Crippen molar-refractivity contribution in [1.82, 2.24) is 9.80 Å². The molecular weight excluding hydrogens is 327 g/mol. The number of amides is 1. The fraction of sp³-hybridized carbons (Fsp3) is 0.409. The average Bonchev–Trinajstić information content (AvgIpc) is 2.64. The second kappa shape index (κ2) is 8.45. The normalized spacial score (nSPS) is 16.7. The molecule has 1 fully saturated rings. The first-order valence-corrected chi connectivity index (χ1v) is 9.37. The maximum absolute atomic E-state index is 13.4. The van der Waals surface area contributed by atoms with Gasteiger partial charge in [0.2, 0.25) is 5.91 Å². The van der Waals surface area contributed by atoms with Gasteiger partial charge in [0, 0.05) is 32.6 Å². The van der Waals surface area contributed by atoms with Gasteiger partial charge in [-0.1, -0.05) is 56.3 Å². The van der Waals surface area contributed by atoms with E-state index < -0.39 is 0 Å². The highest BCUT2D eigenvalue weighted by Gasteiger charge is 2.28. The molecule has 3 nitrogen and oxygen atoms in total. The van der Waals surface area contributed by atoms with Gasteiger partial charge in [0.15, 0.2) is 0 Å². The van der Waals surface area contributed by atoms with Crippen LogP contribution in [0.1, 0.15) is 37.4 Å². The predicted octanol–water partition coefficient (Wildman–Crippen LogP) is 4.11. The summed E-state index contributed by atoms with van der Waals surface area (Å²) in [6.45, 7) is 7.29. The number of piperazine rings is 1. The van der Waals surface area contributed by atoms with Gasteiger partial charge in [-0.15, -0.1) is 0 Å². The highest BCUT2D eigenvalue weighted by molar-refractivity contribution is 5.76. The topological polar surface area (TPSA) is 23.6 Å². The Balaban J connectivity index is 1.77. The third-order valence-electron chi connectivity index (χ3n) is 4.92. The van der Waals surface area contributed by atoms with E-state index in [4.69, 9.17) is 0 Å². The number of hydrogen-bond acceptors (Lipinski definition) is 2. The molecule has 1 heterocycles. The monoisotopic (exact) mass is 354 g/mol. The van der Waals surface area contributed by atoms with E-state index in [1.165, 1.54) is 17.7 Å². The minimum Gasteiger partial charge on any atom is -0.340 e. The lowest BCUT2D eigenvalue weighted by Crippen LogP contribution is -2.50. The molecule has 0 radical (unpaired) electrons. The summed E-state index contributed by atoms with van der Waals surface area (Å²) in [6.07, 6.45) is 0.611. The summed E-state index contributed by atoms with van der Waals surface area (Å²) in [6, 6.07) is 17.2. The first kappa shape index (κ1) is 18.6. The van der Waals surface area contributed by atoms with Crippen molar-refractivity contribution in [2.75, 3.05) is 26.2 Å². The molecule has 0 saturated carbocycles. The van der Waals surface area contributed by atoms with Gasteiger partial charge in [-0.2, -0.15) is 0 Å². The SMILES string of the molecule is CC(C)CC(=O)N1CCN(C(c2ccccc2)c2ccc(F)cc2)CC1. The Morgan fingerprint density at radius 2 is 1.50 bits per heavy atom. The van der Waals surface area contributed by atoms with Crippen LogP contribution < -0.4 is 0 Å². The molecule has 1 atom stereocenters. The molecule has 2 aromatic rings. The molecule has 4 heteroatoms. The van der Waals surface area contributed by atoms with Crippen LogP contribution in [-0.4, -0.2) is 41.9 Å². The van der Waals surface area contributed by atoms with Crippen LogP contribution in [0, 0.1) is 11.7 Å². The summed E-state index contributed by atoms with van der Waals surface area (Å²) < 4.78 is 13.4. The molecule has 1 saturated heterocycles. The van der Waals surface area contributed by atoms with Gasteiger partial charge in [0.05, 0.1) is 6.04 Å². The first-order chi connectivity index (χ1) is 12.5. The number of halogens is 1. The quantitative estimate of drug-likeness (QED) is 0.807. The number of nitrogens with zero attached hydrogens (tertiary/aromatic N) is 2. The molecule has 0 bridgehead atoms. The van der Waals surface area contributed by atoms with Crippen LogP contribution in [-0.2, 0) is 4.79 Å². The summed E-state index contributed by atoms with van der Waals surface area (Å²) in [5, 5.41) is 0. The number of benzene rings is 2. The van der Waals surface area contributed by atoms with Gasteiger partial charge in [0.25, 0.3) is 0 Å². The molecule has 2 aromatic carbocycles. The van der Waals surface area contributed by atoms with Gasteiger partial charge < -0.3 is 4.90 Å². The molecule has 1 unspecified atom stereocenters. The van der Waals surface area contributed by atoms with E-state index in [0.717, 1.165) is 31.7 Å². The van der Waals surface area contributed by atoms with Gasteiger partial charge in [-0.25, -0.2) is 4.39 Å². The van der Waals surface area contributed by atoms with Gasteiger partial charge in [-0.3, -0.25) is 9.69 Å². The number of hydrogen-bond donors (Lipinski definition) is 0. The number of carbonyl (C=O) groups excluding carboxylic acids is 1. The van der Waals surface area contributed by atoms with Crippen molar-refractivity contribution in [3.05, 3.63) is 71.5 Å². The van der Waals surface area contributed by atoms with E-state index >= 15 is 0 Å². The minimum atomic E-state index is -0.218. The first-order valence-electron chi connectivity index (χ1n) is 9.37. The number of carbonyl (C=O) groups is 1. The van der Waals surface area contributed by atoms with Crippen LogP contribution >= 0.6 is 0 Å². The molecule has 1 aliphatic rings. The standard InChI is InChI=1S/C22H27FN2O/c1-17(2)16-21(26)24-12-14-25(15-13-24)22(18-6-4-3-5-7-18)19-8-10-20(23)11-9-19/h3-11,17,22H,12-16H2,1-2H3. The summed E-state index contributed by atoms with van der Waals surface area (Å²) in [5.41, 5.74) is 2.28. The van der Waals surface area contributed by atoms with E-state index in [0.29, 0.717) is 12.3 Å². The molecule has 3 rings (SSSR count). The van der Waals surface area contributed by atoms with E-state index in [1.807, 2.05) is 35.2 Å². The smallest absolute Gasteiger partial charge is 0.222 e. The third-order valence-corrected chi connectivity index (χ3v) is 4.92. The van der Waals surface area contributed by atoms with E-state index in [1.54, 1.807) is 0 Å². The second-order valence-corrected chi connectivity index (χ2v) is 7.38. The van der Waals surface area contributed by atoms with Crippen molar-refractivity contribution in [2.24, 2.45) is 5.92 Å².